The van der Waals surface area contributed by atoms with Crippen LogP contribution in [0.4, 0.5) is 0 Å². The largest absolute Gasteiger partial charge is 3.00 e. The number of hydrogen-bond donors (Lipinski definition) is 0. The van der Waals surface area contributed by atoms with Gasteiger partial charge in [0.05, 0.1) is 22.1 Å². The average molecular weight is 1010 g/mol. The molecule has 0 bridgehead atoms. The smallest absolute Gasteiger partial charge is 0.499 e. The standard InChI is InChI=1S/C40H32N4.C16H9N2O.Ir/c1(5-15-29-25-35-33-21-11-13-23-37(33)43(39(35)41-27-29)31-17-7-3-8-18-31)2-6-16-30-26-36-34-22-12-14-24-38(34)44(40(36)42-28-30)32-19-9-4-10-20-32;1-2-9-17-13(7-1)11-5-3-6-12-15-14(19-16(11)12)8-4-10-18-15;/h3-4,7-14,17,19,21-28H,1-2,5-6,15-16H2;1-4,6-10H;/q-2;-1;+3. The maximum atomic E-state index is 5.90. The summed E-state index contributed by atoms with van der Waals surface area (Å²) in [6.45, 7) is 0. The van der Waals surface area contributed by atoms with E-state index in [1.54, 1.807) is 12.4 Å². The molecular formula is C56H41IrN6O. The van der Waals surface area contributed by atoms with Crippen molar-refractivity contribution in [3.8, 4) is 22.6 Å². The number of aromatic nitrogens is 6. The summed E-state index contributed by atoms with van der Waals surface area (Å²) in [6, 6.07) is 61.5. The first kappa shape index (κ1) is 40.8. The Balaban J connectivity index is 0.000000202. The van der Waals surface area contributed by atoms with E-state index in [9.17, 15) is 0 Å². The van der Waals surface area contributed by atoms with Gasteiger partial charge in [0.15, 0.2) is 0 Å². The normalized spacial score (nSPS) is 11.4. The molecule has 0 saturated carbocycles. The summed E-state index contributed by atoms with van der Waals surface area (Å²) in [5, 5.41) is 5.90. The number of para-hydroxylation sites is 4. The predicted molar refractivity (Wildman–Crippen MR) is 254 cm³/mol. The van der Waals surface area contributed by atoms with Crippen molar-refractivity contribution in [2.75, 3.05) is 0 Å². The van der Waals surface area contributed by atoms with Crippen LogP contribution < -0.4 is 0 Å². The molecule has 0 aliphatic heterocycles. The summed E-state index contributed by atoms with van der Waals surface area (Å²) in [4.78, 5) is 18.6. The van der Waals surface area contributed by atoms with Crippen molar-refractivity contribution >= 4 is 65.9 Å². The van der Waals surface area contributed by atoms with Gasteiger partial charge in [-0.2, -0.15) is 48.5 Å². The van der Waals surface area contributed by atoms with Gasteiger partial charge in [0.1, 0.15) is 16.9 Å². The minimum absolute atomic E-state index is 0. The molecule has 310 valence electrons. The molecular weight excluding hydrogens is 965 g/mol. The number of benzene rings is 5. The zero-order chi connectivity index (χ0) is 42.0. The Bertz CT molecular complexity index is 3360. The van der Waals surface area contributed by atoms with Crippen LogP contribution in [0.25, 0.3) is 88.6 Å². The number of unbranched alkanes of at least 4 members (excludes halogenated alkanes) is 3. The molecule has 12 aromatic rings. The van der Waals surface area contributed by atoms with Gasteiger partial charge in [-0.05, 0) is 90.4 Å². The van der Waals surface area contributed by atoms with Gasteiger partial charge in [-0.1, -0.05) is 78.3 Å². The molecule has 0 unspecified atom stereocenters. The van der Waals surface area contributed by atoms with Crippen LogP contribution in [0.15, 0.2) is 181 Å². The Morgan fingerprint density at radius 3 is 1.62 bits per heavy atom. The molecule has 12 rings (SSSR count). The summed E-state index contributed by atoms with van der Waals surface area (Å²) in [5.41, 5.74) is 13.2. The van der Waals surface area contributed by atoms with E-state index in [0.717, 1.165) is 81.7 Å². The zero-order valence-electron chi connectivity index (χ0n) is 34.9. The van der Waals surface area contributed by atoms with E-state index >= 15 is 0 Å². The van der Waals surface area contributed by atoms with Crippen LogP contribution in [0.1, 0.15) is 36.8 Å². The fourth-order valence-electron chi connectivity index (χ4n) is 8.86. The molecule has 0 aliphatic carbocycles. The molecule has 0 fully saturated rings. The van der Waals surface area contributed by atoms with E-state index in [-0.39, 0.29) is 20.1 Å². The first-order valence-electron chi connectivity index (χ1n) is 21.6. The summed E-state index contributed by atoms with van der Waals surface area (Å²) in [5.74, 6) is 0. The minimum atomic E-state index is 0. The monoisotopic (exact) mass is 1010 g/mol. The summed E-state index contributed by atoms with van der Waals surface area (Å²) in [6.07, 6.45) is 14.5. The molecule has 0 saturated heterocycles. The maximum Gasteiger partial charge on any atom is 3.00 e. The Morgan fingerprint density at radius 2 is 1.05 bits per heavy atom. The molecule has 0 aliphatic rings. The Hall–Kier alpha value is -7.25. The third-order valence-corrected chi connectivity index (χ3v) is 11.8. The van der Waals surface area contributed by atoms with E-state index in [0.29, 0.717) is 0 Å². The number of pyridine rings is 4. The maximum absolute atomic E-state index is 5.90. The van der Waals surface area contributed by atoms with Crippen LogP contribution in [0.2, 0.25) is 0 Å². The third-order valence-electron chi connectivity index (χ3n) is 11.8. The van der Waals surface area contributed by atoms with Gasteiger partial charge in [0.25, 0.3) is 0 Å². The molecule has 0 atom stereocenters. The second kappa shape index (κ2) is 18.2. The van der Waals surface area contributed by atoms with E-state index in [1.807, 2.05) is 66.7 Å². The summed E-state index contributed by atoms with van der Waals surface area (Å²) >= 11 is 0. The molecule has 7 nitrogen and oxygen atoms in total. The molecule has 0 radical (unpaired) electrons. The topological polar surface area (TPSA) is 74.6 Å². The van der Waals surface area contributed by atoms with Gasteiger partial charge in [-0.3, -0.25) is 4.98 Å². The first-order valence-corrected chi connectivity index (χ1v) is 21.6. The molecule has 0 amide bonds. The van der Waals surface area contributed by atoms with Gasteiger partial charge in [0.2, 0.25) is 0 Å². The quantitative estimate of drug-likeness (QED) is 0.101. The van der Waals surface area contributed by atoms with Crippen LogP contribution in [0.3, 0.4) is 0 Å². The molecule has 64 heavy (non-hydrogen) atoms. The van der Waals surface area contributed by atoms with Crippen molar-refractivity contribution < 1.29 is 24.5 Å². The van der Waals surface area contributed by atoms with Crippen LogP contribution in [-0.4, -0.2) is 29.1 Å². The van der Waals surface area contributed by atoms with Gasteiger partial charge >= 0.3 is 20.1 Å². The number of hydrogen-bond acceptors (Lipinski definition) is 5. The van der Waals surface area contributed by atoms with Crippen molar-refractivity contribution in [3.63, 3.8) is 0 Å². The van der Waals surface area contributed by atoms with Crippen LogP contribution in [0, 0.1) is 18.2 Å². The molecule has 8 heteroatoms. The number of rotatable bonds is 10. The predicted octanol–water partition coefficient (Wildman–Crippen LogP) is 13.5. The van der Waals surface area contributed by atoms with Crippen molar-refractivity contribution in [2.24, 2.45) is 0 Å². The number of fused-ring (bicyclic) bond motifs is 9. The fourth-order valence-corrected chi connectivity index (χ4v) is 8.86. The van der Waals surface area contributed by atoms with Gasteiger partial charge < -0.3 is 18.5 Å². The number of furan rings is 1. The molecule has 0 N–H and O–H groups in total. The Labute approximate surface area is 384 Å². The molecule has 5 aromatic carbocycles. The van der Waals surface area contributed by atoms with Crippen LogP contribution >= 0.6 is 0 Å². The van der Waals surface area contributed by atoms with Crippen molar-refractivity contribution in [3.05, 3.63) is 206 Å². The fraction of sp³-hybridized carbons (Fsp3) is 0.107. The van der Waals surface area contributed by atoms with E-state index < -0.39 is 0 Å². The van der Waals surface area contributed by atoms with Crippen LogP contribution in [-0.2, 0) is 32.9 Å². The number of nitrogens with zero attached hydrogens (tertiary/aromatic N) is 6. The summed E-state index contributed by atoms with van der Waals surface area (Å²) in [7, 11) is 0. The first-order chi connectivity index (χ1) is 31.3. The Morgan fingerprint density at radius 1 is 0.469 bits per heavy atom. The van der Waals surface area contributed by atoms with Crippen molar-refractivity contribution in [1.82, 2.24) is 29.1 Å². The second-order valence-corrected chi connectivity index (χ2v) is 15.8. The average Bonchev–Trinajstić information content (AvgIpc) is 4.01. The minimum Gasteiger partial charge on any atom is -0.499 e. The Kier molecular flexibility index (Phi) is 11.6. The SMILES string of the molecule is [Ir+3].[c-]1ccc2c(oc3cccnc32)c1-c1ccccn1.[c-]1ccccc1-n1c2ccccc2c2cc(CCCCCCc3cnc4c(c3)c3ccccc3n4-c3[c-]cccc3)cnc21. The third kappa shape index (κ3) is 7.76. The van der Waals surface area contributed by atoms with Crippen molar-refractivity contribution in [1.29, 1.82) is 0 Å². The molecule has 7 heterocycles. The zero-order valence-corrected chi connectivity index (χ0v) is 37.3. The molecule has 0 spiro atoms. The van der Waals surface area contributed by atoms with E-state index in [2.05, 4.69) is 135 Å². The number of aryl methyl sites for hydroxylation is 2. The summed E-state index contributed by atoms with van der Waals surface area (Å²) < 4.78 is 10.3. The second-order valence-electron chi connectivity index (χ2n) is 15.8. The van der Waals surface area contributed by atoms with Crippen LogP contribution in [0.5, 0.6) is 0 Å². The van der Waals surface area contributed by atoms with Gasteiger partial charge in [-0.15, -0.1) is 30.3 Å². The van der Waals surface area contributed by atoms with E-state index in [1.165, 1.54) is 56.5 Å². The van der Waals surface area contributed by atoms with Gasteiger partial charge in [0, 0.05) is 46.3 Å². The van der Waals surface area contributed by atoms with Crippen molar-refractivity contribution in [2.45, 2.75) is 38.5 Å². The van der Waals surface area contributed by atoms with E-state index in [4.69, 9.17) is 14.4 Å². The molecule has 7 aromatic heterocycles. The van der Waals surface area contributed by atoms with Gasteiger partial charge in [-0.25, -0.2) is 9.97 Å².